The predicted molar refractivity (Wildman–Crippen MR) is 94.9 cm³/mol. The second-order valence-corrected chi connectivity index (χ2v) is 6.02. The van der Waals surface area contributed by atoms with Gasteiger partial charge < -0.3 is 4.90 Å². The summed E-state index contributed by atoms with van der Waals surface area (Å²) in [4.78, 5) is 17.2. The molecule has 0 aliphatic carbocycles. The molecule has 4 heteroatoms. The molecule has 23 heavy (non-hydrogen) atoms. The highest BCUT2D eigenvalue weighted by Crippen LogP contribution is 2.22. The Balaban J connectivity index is 1.91. The van der Waals surface area contributed by atoms with Crippen LogP contribution in [0.1, 0.15) is 17.3 Å². The van der Waals surface area contributed by atoms with Gasteiger partial charge in [0.25, 0.3) is 0 Å². The minimum Gasteiger partial charge on any atom is -0.334 e. The van der Waals surface area contributed by atoms with E-state index < -0.39 is 0 Å². The Kier molecular flexibility index (Phi) is 4.79. The Labute approximate surface area is 141 Å². The summed E-state index contributed by atoms with van der Waals surface area (Å²) in [6, 6.07) is 17.2. The molecular weight excluding hydrogens is 308 g/mol. The van der Waals surface area contributed by atoms with Crippen LogP contribution in [0.5, 0.6) is 0 Å². The van der Waals surface area contributed by atoms with Crippen LogP contribution in [-0.2, 0) is 0 Å². The number of ketones is 1. The highest BCUT2D eigenvalue weighted by molar-refractivity contribution is 6.30. The summed E-state index contributed by atoms with van der Waals surface area (Å²) >= 11 is 5.91. The predicted octanol–water partition coefficient (Wildman–Crippen LogP) is 4.21. The molecule has 118 valence electrons. The summed E-state index contributed by atoms with van der Waals surface area (Å²) in [5, 5.41) is 0.639. The van der Waals surface area contributed by atoms with Gasteiger partial charge in [0.05, 0.1) is 6.67 Å². The molecule has 0 fully saturated rings. The van der Waals surface area contributed by atoms with Crippen molar-refractivity contribution in [2.75, 3.05) is 24.7 Å². The first-order valence-electron chi connectivity index (χ1n) is 7.72. The van der Waals surface area contributed by atoms with Gasteiger partial charge in [-0.3, -0.25) is 9.69 Å². The second-order valence-electron chi connectivity index (χ2n) is 5.58. The normalized spacial score (nSPS) is 15.4. The van der Waals surface area contributed by atoms with Gasteiger partial charge >= 0.3 is 0 Å². The minimum atomic E-state index is 0.0562. The molecule has 0 amide bonds. The van der Waals surface area contributed by atoms with Crippen molar-refractivity contribution in [3.63, 3.8) is 0 Å². The number of anilines is 1. The lowest BCUT2D eigenvalue weighted by molar-refractivity contribution is 0.102. The van der Waals surface area contributed by atoms with Crippen LogP contribution >= 0.6 is 11.6 Å². The summed E-state index contributed by atoms with van der Waals surface area (Å²) in [7, 11) is 0. The van der Waals surface area contributed by atoms with Crippen molar-refractivity contribution in [1.29, 1.82) is 0 Å². The van der Waals surface area contributed by atoms with E-state index in [1.807, 2.05) is 24.4 Å². The average molecular weight is 327 g/mol. The lowest BCUT2D eigenvalue weighted by atomic mass is 10.0. The van der Waals surface area contributed by atoms with E-state index in [1.54, 1.807) is 24.3 Å². The number of likely N-dealkylation sites (N-methyl/N-ethyl adjacent to an activating group) is 1. The number of hydrogen-bond donors (Lipinski definition) is 0. The van der Waals surface area contributed by atoms with Crippen LogP contribution in [0.3, 0.4) is 0 Å². The van der Waals surface area contributed by atoms with Crippen LogP contribution in [0.2, 0.25) is 5.02 Å². The maximum Gasteiger partial charge on any atom is 0.191 e. The van der Waals surface area contributed by atoms with Gasteiger partial charge in [-0.05, 0) is 42.9 Å². The number of Topliss-reactive ketones (excluding diaryl/α,β-unsaturated/α-hetero) is 1. The maximum absolute atomic E-state index is 12.8. The topological polar surface area (TPSA) is 23.6 Å². The molecule has 1 aliphatic heterocycles. The fourth-order valence-electron chi connectivity index (χ4n) is 2.68. The summed E-state index contributed by atoms with van der Waals surface area (Å²) in [6.45, 7) is 4.46. The third-order valence-electron chi connectivity index (χ3n) is 3.99. The van der Waals surface area contributed by atoms with Crippen molar-refractivity contribution in [2.45, 2.75) is 6.92 Å². The van der Waals surface area contributed by atoms with Crippen LogP contribution < -0.4 is 4.90 Å². The lowest BCUT2D eigenvalue weighted by Crippen LogP contribution is -2.42. The number of hydrogen-bond acceptors (Lipinski definition) is 3. The maximum atomic E-state index is 12.8. The standard InChI is InChI=1S/C19H19ClN2O/c1-2-21-12-16(19(23)15-8-10-17(20)11-9-15)13-22(14-21)18-6-4-3-5-7-18/h3-11,13H,2,12,14H2,1H3. The molecule has 0 N–H and O–H groups in total. The van der Waals surface area contributed by atoms with Crippen molar-refractivity contribution in [3.8, 4) is 0 Å². The monoisotopic (exact) mass is 326 g/mol. The molecule has 1 heterocycles. The van der Waals surface area contributed by atoms with Gasteiger partial charge in [-0.15, -0.1) is 0 Å². The van der Waals surface area contributed by atoms with Crippen molar-refractivity contribution in [3.05, 3.63) is 77.0 Å². The average Bonchev–Trinajstić information content (AvgIpc) is 2.62. The van der Waals surface area contributed by atoms with Gasteiger partial charge in [-0.1, -0.05) is 36.7 Å². The zero-order valence-corrected chi connectivity index (χ0v) is 13.8. The van der Waals surface area contributed by atoms with E-state index >= 15 is 0 Å². The molecule has 0 unspecified atom stereocenters. The smallest absolute Gasteiger partial charge is 0.191 e. The zero-order valence-electron chi connectivity index (χ0n) is 13.1. The van der Waals surface area contributed by atoms with Crippen molar-refractivity contribution in [2.24, 2.45) is 0 Å². The summed E-state index contributed by atoms with van der Waals surface area (Å²) in [5.41, 5.74) is 2.56. The van der Waals surface area contributed by atoms with Crippen molar-refractivity contribution >= 4 is 23.1 Å². The molecule has 1 aliphatic rings. The van der Waals surface area contributed by atoms with Gasteiger partial charge in [0.15, 0.2) is 5.78 Å². The molecule has 0 spiro atoms. The minimum absolute atomic E-state index is 0.0562. The summed E-state index contributed by atoms with van der Waals surface area (Å²) in [5.74, 6) is 0.0562. The number of nitrogens with zero attached hydrogens (tertiary/aromatic N) is 2. The highest BCUT2D eigenvalue weighted by Gasteiger charge is 2.22. The van der Waals surface area contributed by atoms with Gasteiger partial charge in [0.1, 0.15) is 0 Å². The molecule has 0 saturated carbocycles. The number of carbonyl (C=O) groups excluding carboxylic acids is 1. The van der Waals surface area contributed by atoms with E-state index in [0.29, 0.717) is 17.1 Å². The molecule has 2 aromatic carbocycles. The number of carbonyl (C=O) groups is 1. The molecule has 0 saturated heterocycles. The van der Waals surface area contributed by atoms with Crippen LogP contribution in [0.25, 0.3) is 0 Å². The van der Waals surface area contributed by atoms with Crippen LogP contribution in [-0.4, -0.2) is 30.4 Å². The van der Waals surface area contributed by atoms with Gasteiger partial charge in [-0.25, -0.2) is 0 Å². The first kappa shape index (κ1) is 15.8. The molecule has 3 rings (SSSR count). The highest BCUT2D eigenvalue weighted by atomic mass is 35.5. The van der Waals surface area contributed by atoms with Gasteiger partial charge in [0.2, 0.25) is 0 Å². The Morgan fingerprint density at radius 1 is 1.09 bits per heavy atom. The molecule has 0 bridgehead atoms. The number of rotatable bonds is 4. The SMILES string of the molecule is CCN1CC(C(=O)c2ccc(Cl)cc2)=CN(c2ccccc2)C1. The Morgan fingerprint density at radius 2 is 1.78 bits per heavy atom. The fourth-order valence-corrected chi connectivity index (χ4v) is 2.81. The molecule has 0 aromatic heterocycles. The Hall–Kier alpha value is -2.10. The Morgan fingerprint density at radius 3 is 2.43 bits per heavy atom. The third-order valence-corrected chi connectivity index (χ3v) is 4.24. The first-order chi connectivity index (χ1) is 11.2. The third kappa shape index (κ3) is 3.63. The van der Waals surface area contributed by atoms with E-state index in [0.717, 1.165) is 24.5 Å². The second kappa shape index (κ2) is 6.99. The molecule has 3 nitrogen and oxygen atoms in total. The van der Waals surface area contributed by atoms with Crippen molar-refractivity contribution in [1.82, 2.24) is 4.90 Å². The quantitative estimate of drug-likeness (QED) is 0.786. The molecule has 0 atom stereocenters. The first-order valence-corrected chi connectivity index (χ1v) is 8.10. The van der Waals surface area contributed by atoms with Crippen LogP contribution in [0, 0.1) is 0 Å². The van der Waals surface area contributed by atoms with E-state index in [-0.39, 0.29) is 5.78 Å². The van der Waals surface area contributed by atoms with Gasteiger partial charge in [0, 0.05) is 34.6 Å². The van der Waals surface area contributed by atoms with Crippen LogP contribution in [0.15, 0.2) is 66.4 Å². The van der Waals surface area contributed by atoms with E-state index in [4.69, 9.17) is 11.6 Å². The largest absolute Gasteiger partial charge is 0.334 e. The lowest BCUT2D eigenvalue weighted by Gasteiger charge is -2.34. The fraction of sp³-hybridized carbons (Fsp3) is 0.211. The van der Waals surface area contributed by atoms with E-state index in [2.05, 4.69) is 28.9 Å². The number of para-hydroxylation sites is 1. The van der Waals surface area contributed by atoms with E-state index in [9.17, 15) is 4.79 Å². The van der Waals surface area contributed by atoms with Gasteiger partial charge in [-0.2, -0.15) is 0 Å². The molecular formula is C19H19ClN2O. The molecule has 2 aromatic rings. The summed E-state index contributed by atoms with van der Waals surface area (Å²) < 4.78 is 0. The van der Waals surface area contributed by atoms with E-state index in [1.165, 1.54) is 0 Å². The van der Waals surface area contributed by atoms with Crippen LogP contribution in [0.4, 0.5) is 5.69 Å². The number of benzene rings is 2. The number of halogens is 1. The van der Waals surface area contributed by atoms with Crippen molar-refractivity contribution < 1.29 is 4.79 Å². The summed E-state index contributed by atoms with van der Waals surface area (Å²) in [6.07, 6.45) is 1.97. The molecule has 0 radical (unpaired) electrons. The Bertz CT molecular complexity index is 710. The zero-order chi connectivity index (χ0) is 16.2.